The lowest BCUT2D eigenvalue weighted by Crippen LogP contribution is -2.35. The number of carboxylic acid groups (broad SMARTS) is 1. The minimum atomic E-state index is -1.07. The van der Waals surface area contributed by atoms with Gasteiger partial charge in [0, 0.05) is 13.0 Å². The summed E-state index contributed by atoms with van der Waals surface area (Å²) >= 11 is 3.86. The molecule has 0 rings (SSSR count). The Morgan fingerprint density at radius 2 is 2.00 bits per heavy atom. The Morgan fingerprint density at radius 3 is 2.53 bits per heavy atom. The maximum atomic E-state index is 11.3. The highest BCUT2D eigenvalue weighted by atomic mass is 32.1. The van der Waals surface area contributed by atoms with Crippen LogP contribution < -0.4 is 5.32 Å². The van der Waals surface area contributed by atoms with E-state index >= 15 is 0 Å². The first-order valence-electron chi connectivity index (χ1n) is 5.18. The molecular weight excluding hydrogens is 246 g/mol. The van der Waals surface area contributed by atoms with Crippen LogP contribution >= 0.6 is 12.6 Å². The van der Waals surface area contributed by atoms with Gasteiger partial charge in [0.05, 0.1) is 24.9 Å². The summed E-state index contributed by atoms with van der Waals surface area (Å²) in [7, 11) is 0. The lowest BCUT2D eigenvalue weighted by Gasteiger charge is -2.09. The quantitative estimate of drug-likeness (QED) is 0.398. The largest absolute Gasteiger partial charge is 0.481 e. The van der Waals surface area contributed by atoms with Gasteiger partial charge in [0.1, 0.15) is 5.78 Å². The Hall–Kier alpha value is -1.08. The maximum Gasteiger partial charge on any atom is 0.304 e. The van der Waals surface area contributed by atoms with Gasteiger partial charge in [-0.3, -0.25) is 14.4 Å². The molecule has 0 saturated heterocycles. The smallest absolute Gasteiger partial charge is 0.304 e. The standard InChI is InChI=1S/C10H17NO5S/c1-7(12)2-4-16-5-3-11-10(15)8(17)6-9(13)14/h8,17H,2-6H2,1H3,(H,11,15)(H,13,14). The molecule has 0 spiro atoms. The number of amides is 1. The molecule has 6 nitrogen and oxygen atoms in total. The van der Waals surface area contributed by atoms with Gasteiger partial charge in [0.25, 0.3) is 0 Å². The molecule has 0 aliphatic heterocycles. The molecule has 7 heteroatoms. The zero-order chi connectivity index (χ0) is 13.3. The Labute approximate surface area is 105 Å². The third kappa shape index (κ3) is 9.83. The summed E-state index contributed by atoms with van der Waals surface area (Å²) in [6.45, 7) is 2.35. The topological polar surface area (TPSA) is 92.7 Å². The highest BCUT2D eigenvalue weighted by molar-refractivity contribution is 7.81. The normalized spacial score (nSPS) is 11.9. The monoisotopic (exact) mass is 263 g/mol. The third-order valence-corrected chi connectivity index (χ3v) is 2.23. The van der Waals surface area contributed by atoms with Gasteiger partial charge in [-0.1, -0.05) is 0 Å². The van der Waals surface area contributed by atoms with Crippen molar-refractivity contribution in [2.45, 2.75) is 25.0 Å². The molecule has 0 aromatic rings. The van der Waals surface area contributed by atoms with Gasteiger partial charge in [-0.05, 0) is 6.92 Å². The van der Waals surface area contributed by atoms with E-state index in [-0.39, 0.29) is 25.4 Å². The number of rotatable bonds is 9. The molecule has 2 N–H and O–H groups in total. The first-order chi connectivity index (χ1) is 7.93. The molecule has 0 heterocycles. The minimum absolute atomic E-state index is 0.0471. The molecule has 0 bridgehead atoms. The van der Waals surface area contributed by atoms with Crippen LogP contribution in [0.15, 0.2) is 0 Å². The van der Waals surface area contributed by atoms with Gasteiger partial charge in [-0.25, -0.2) is 0 Å². The number of carboxylic acids is 1. The van der Waals surface area contributed by atoms with E-state index < -0.39 is 17.1 Å². The summed E-state index contributed by atoms with van der Waals surface area (Å²) in [4.78, 5) is 32.1. The number of hydrogen-bond donors (Lipinski definition) is 3. The number of ketones is 1. The molecule has 1 atom stereocenters. The fraction of sp³-hybridized carbons (Fsp3) is 0.700. The van der Waals surface area contributed by atoms with Crippen LogP contribution in [-0.2, 0) is 19.1 Å². The molecule has 0 aromatic heterocycles. The Balaban J connectivity index is 3.51. The summed E-state index contributed by atoms with van der Waals surface area (Å²) < 4.78 is 5.08. The van der Waals surface area contributed by atoms with Gasteiger partial charge < -0.3 is 15.2 Å². The van der Waals surface area contributed by atoms with E-state index in [2.05, 4.69) is 17.9 Å². The van der Waals surface area contributed by atoms with Crippen molar-refractivity contribution >= 4 is 30.3 Å². The molecule has 0 saturated carbocycles. The highest BCUT2D eigenvalue weighted by Gasteiger charge is 2.16. The van der Waals surface area contributed by atoms with Gasteiger partial charge >= 0.3 is 5.97 Å². The van der Waals surface area contributed by atoms with Crippen LogP contribution in [0.4, 0.5) is 0 Å². The molecule has 0 aromatic carbocycles. The zero-order valence-electron chi connectivity index (χ0n) is 9.64. The van der Waals surface area contributed by atoms with Crippen molar-refractivity contribution in [3.05, 3.63) is 0 Å². The number of hydrogen-bond acceptors (Lipinski definition) is 5. The molecular formula is C10H17NO5S. The van der Waals surface area contributed by atoms with E-state index in [1.165, 1.54) is 6.92 Å². The summed E-state index contributed by atoms with van der Waals surface area (Å²) in [5.41, 5.74) is 0. The van der Waals surface area contributed by atoms with Crippen LogP contribution in [0.1, 0.15) is 19.8 Å². The first-order valence-corrected chi connectivity index (χ1v) is 5.70. The lowest BCUT2D eigenvalue weighted by atomic mass is 10.3. The van der Waals surface area contributed by atoms with E-state index in [0.717, 1.165) is 0 Å². The third-order valence-electron chi connectivity index (χ3n) is 1.81. The zero-order valence-corrected chi connectivity index (χ0v) is 10.5. The van der Waals surface area contributed by atoms with Crippen molar-refractivity contribution < 1.29 is 24.2 Å². The number of carbonyl (C=O) groups excluding carboxylic acids is 2. The highest BCUT2D eigenvalue weighted by Crippen LogP contribution is 2.00. The van der Waals surface area contributed by atoms with E-state index in [9.17, 15) is 14.4 Å². The van der Waals surface area contributed by atoms with Crippen LogP contribution in [0.3, 0.4) is 0 Å². The second kappa shape index (κ2) is 9.00. The number of ether oxygens (including phenoxy) is 1. The maximum absolute atomic E-state index is 11.3. The van der Waals surface area contributed by atoms with Crippen molar-refractivity contribution in [1.29, 1.82) is 0 Å². The molecule has 1 amide bonds. The van der Waals surface area contributed by atoms with E-state index in [0.29, 0.717) is 13.0 Å². The second-order valence-electron chi connectivity index (χ2n) is 3.47. The fourth-order valence-electron chi connectivity index (χ4n) is 0.940. The Morgan fingerprint density at radius 1 is 1.35 bits per heavy atom. The van der Waals surface area contributed by atoms with E-state index in [1.54, 1.807) is 0 Å². The number of Topliss-reactive ketones (excluding diaryl/α,β-unsaturated/α-hetero) is 1. The van der Waals surface area contributed by atoms with Gasteiger partial charge in [0.2, 0.25) is 5.91 Å². The van der Waals surface area contributed by atoms with Crippen LogP contribution in [0, 0.1) is 0 Å². The summed E-state index contributed by atoms with van der Waals surface area (Å²) in [6.07, 6.45) is 0.0301. The molecule has 0 aliphatic carbocycles. The van der Waals surface area contributed by atoms with Crippen LogP contribution in [-0.4, -0.2) is 47.8 Å². The van der Waals surface area contributed by atoms with Crippen LogP contribution in [0.2, 0.25) is 0 Å². The molecule has 0 fully saturated rings. The SMILES string of the molecule is CC(=O)CCOCCNC(=O)C(S)CC(=O)O. The molecule has 1 unspecified atom stereocenters. The van der Waals surface area contributed by atoms with Crippen molar-refractivity contribution in [3.8, 4) is 0 Å². The van der Waals surface area contributed by atoms with Crippen LogP contribution in [0.5, 0.6) is 0 Å². The predicted molar refractivity (Wildman–Crippen MR) is 64.2 cm³/mol. The Bertz CT molecular complexity index is 282. The van der Waals surface area contributed by atoms with Crippen molar-refractivity contribution in [2.75, 3.05) is 19.8 Å². The molecule has 0 aliphatic rings. The first kappa shape index (κ1) is 15.9. The summed E-state index contributed by atoms with van der Waals surface area (Å²) in [6, 6.07) is 0. The number of aliphatic carboxylic acids is 1. The summed E-state index contributed by atoms with van der Waals surface area (Å²) in [5, 5.41) is 10.1. The number of thiol groups is 1. The molecule has 0 radical (unpaired) electrons. The van der Waals surface area contributed by atoms with Gasteiger partial charge in [-0.15, -0.1) is 0 Å². The van der Waals surface area contributed by atoms with E-state index in [4.69, 9.17) is 9.84 Å². The number of nitrogens with one attached hydrogen (secondary N) is 1. The number of carbonyl (C=O) groups is 3. The minimum Gasteiger partial charge on any atom is -0.481 e. The average Bonchev–Trinajstić information content (AvgIpc) is 2.21. The van der Waals surface area contributed by atoms with Crippen molar-refractivity contribution in [1.82, 2.24) is 5.32 Å². The van der Waals surface area contributed by atoms with Crippen LogP contribution in [0.25, 0.3) is 0 Å². The lowest BCUT2D eigenvalue weighted by molar-refractivity contribution is -0.138. The fourth-order valence-corrected chi connectivity index (χ4v) is 1.19. The van der Waals surface area contributed by atoms with E-state index in [1.807, 2.05) is 0 Å². The van der Waals surface area contributed by atoms with Crippen molar-refractivity contribution in [2.24, 2.45) is 0 Å². The van der Waals surface area contributed by atoms with Crippen molar-refractivity contribution in [3.63, 3.8) is 0 Å². The Kier molecular flexibility index (Phi) is 8.43. The predicted octanol–water partition coefficient (Wildman–Crippen LogP) is -0.129. The second-order valence-corrected chi connectivity index (χ2v) is 4.09. The van der Waals surface area contributed by atoms with Gasteiger partial charge in [0.15, 0.2) is 0 Å². The van der Waals surface area contributed by atoms with Gasteiger partial charge in [-0.2, -0.15) is 12.6 Å². The molecule has 98 valence electrons. The summed E-state index contributed by atoms with van der Waals surface area (Å²) in [5.74, 6) is -1.46. The average molecular weight is 263 g/mol. The molecule has 17 heavy (non-hydrogen) atoms.